The van der Waals surface area contributed by atoms with Crippen LogP contribution in [0.4, 0.5) is 0 Å². The number of hydrazine groups is 1. The fourth-order valence-corrected chi connectivity index (χ4v) is 9.31. The van der Waals surface area contributed by atoms with Crippen LogP contribution >= 0.6 is 92.8 Å². The van der Waals surface area contributed by atoms with Gasteiger partial charge in [0.15, 0.2) is 10.1 Å². The highest BCUT2D eigenvalue weighted by molar-refractivity contribution is 6.67. The fraction of sp³-hybridized carbons (Fsp3) is 0.219. The van der Waals surface area contributed by atoms with Crippen LogP contribution in [0.15, 0.2) is 76.8 Å². The number of methoxy groups -OCH3 is 1. The lowest BCUT2D eigenvalue weighted by atomic mass is 9.84. The van der Waals surface area contributed by atoms with E-state index >= 15 is 0 Å². The number of carbonyl (C=O) groups excluding carboxylic acids is 5. The molecule has 1 aliphatic heterocycles. The number of alkyl halides is 4. The summed E-state index contributed by atoms with van der Waals surface area (Å²) in [6.07, 6.45) is 0. The standard InChI is InChI=1S/C32H18Cl8N2O7/c1-48-18-4-2-3-16(11-18)29(47)49-17-8-5-14(6-9-17)21(43)13-41(26(44)15-7-10-19(33)20(34)12-15)42-27(45)22-23(28(42)46)31(38)25(36)24(35)30(22,37)32(31,39)40/h2-12,22-23H,13H2,1H3/t22-,23-,30+,31+/m0/s1. The van der Waals surface area contributed by atoms with Crippen LogP contribution in [0.1, 0.15) is 31.1 Å². The molecule has 2 fully saturated rings. The molecule has 3 aliphatic rings. The maximum Gasteiger partial charge on any atom is 0.343 e. The topological polar surface area (TPSA) is 110 Å². The van der Waals surface area contributed by atoms with E-state index in [9.17, 15) is 24.0 Å². The summed E-state index contributed by atoms with van der Waals surface area (Å²) >= 11 is 51.8. The van der Waals surface area contributed by atoms with E-state index < -0.39 is 61.9 Å². The van der Waals surface area contributed by atoms with Crippen molar-refractivity contribution in [2.24, 2.45) is 11.8 Å². The third-order valence-corrected chi connectivity index (χ3v) is 13.5. The molecule has 1 heterocycles. The molecule has 3 aromatic carbocycles. The second-order valence-corrected chi connectivity index (χ2v) is 15.2. The maximum atomic E-state index is 14.1. The first-order chi connectivity index (χ1) is 23.0. The first-order valence-corrected chi connectivity index (χ1v) is 17.0. The van der Waals surface area contributed by atoms with Crippen molar-refractivity contribution in [3.63, 3.8) is 0 Å². The van der Waals surface area contributed by atoms with Gasteiger partial charge < -0.3 is 9.47 Å². The Balaban J connectivity index is 1.31. The predicted molar refractivity (Wildman–Crippen MR) is 185 cm³/mol. The average molecular weight is 826 g/mol. The molecule has 17 heteroatoms. The van der Waals surface area contributed by atoms with Crippen molar-refractivity contribution in [1.82, 2.24) is 10.0 Å². The Hall–Kier alpha value is -2.73. The van der Waals surface area contributed by atoms with Crippen molar-refractivity contribution >= 4 is 122 Å². The normalized spacial score (nSPS) is 25.0. The van der Waals surface area contributed by atoms with E-state index in [2.05, 4.69) is 0 Å². The van der Waals surface area contributed by atoms with Crippen molar-refractivity contribution in [1.29, 1.82) is 0 Å². The second-order valence-electron chi connectivity index (χ2n) is 11.1. The third kappa shape index (κ3) is 5.32. The van der Waals surface area contributed by atoms with Crippen LogP contribution in [-0.4, -0.2) is 67.2 Å². The lowest BCUT2D eigenvalue weighted by molar-refractivity contribution is -0.154. The Morgan fingerprint density at radius 3 is 1.86 bits per heavy atom. The molecule has 3 aromatic rings. The molecule has 0 unspecified atom stereocenters. The summed E-state index contributed by atoms with van der Waals surface area (Å²) in [5.74, 6) is -7.07. The highest BCUT2D eigenvalue weighted by atomic mass is 35.5. The van der Waals surface area contributed by atoms with Gasteiger partial charge in [0.1, 0.15) is 27.8 Å². The van der Waals surface area contributed by atoms with Crippen molar-refractivity contribution < 1.29 is 33.4 Å². The predicted octanol–water partition coefficient (Wildman–Crippen LogP) is 7.91. The summed E-state index contributed by atoms with van der Waals surface area (Å²) in [6.45, 7) is -0.842. The quantitative estimate of drug-likeness (QED) is 0.0747. The second kappa shape index (κ2) is 12.8. The van der Waals surface area contributed by atoms with Crippen molar-refractivity contribution in [2.75, 3.05) is 13.7 Å². The molecule has 254 valence electrons. The molecule has 1 saturated carbocycles. The van der Waals surface area contributed by atoms with Gasteiger partial charge in [-0.3, -0.25) is 19.2 Å². The van der Waals surface area contributed by atoms with Gasteiger partial charge in [-0.05, 0) is 60.7 Å². The minimum Gasteiger partial charge on any atom is -0.497 e. The van der Waals surface area contributed by atoms with Crippen LogP contribution < -0.4 is 9.47 Å². The van der Waals surface area contributed by atoms with E-state index in [1.165, 1.54) is 55.6 Å². The Bertz CT molecular complexity index is 1960. The van der Waals surface area contributed by atoms with Crippen LogP contribution in [0.5, 0.6) is 11.5 Å². The Morgan fingerprint density at radius 2 is 1.31 bits per heavy atom. The van der Waals surface area contributed by atoms with Gasteiger partial charge in [0, 0.05) is 11.1 Å². The first kappa shape index (κ1) is 36.1. The van der Waals surface area contributed by atoms with Crippen LogP contribution in [0.25, 0.3) is 0 Å². The highest BCUT2D eigenvalue weighted by Gasteiger charge is 2.88. The molecule has 49 heavy (non-hydrogen) atoms. The molecular weight excluding hydrogens is 808 g/mol. The Kier molecular flexibility index (Phi) is 9.42. The van der Waals surface area contributed by atoms with E-state index in [0.29, 0.717) is 15.8 Å². The van der Waals surface area contributed by atoms with Gasteiger partial charge in [-0.25, -0.2) is 9.80 Å². The molecule has 6 rings (SSSR count). The van der Waals surface area contributed by atoms with Gasteiger partial charge >= 0.3 is 5.97 Å². The summed E-state index contributed by atoms with van der Waals surface area (Å²) in [4.78, 5) is 64.2. The number of carbonyl (C=O) groups is 5. The molecule has 0 radical (unpaired) electrons. The number of benzene rings is 3. The van der Waals surface area contributed by atoms with Crippen molar-refractivity contribution in [2.45, 2.75) is 14.1 Å². The molecule has 0 N–H and O–H groups in total. The van der Waals surface area contributed by atoms with E-state index in [0.717, 1.165) is 0 Å². The van der Waals surface area contributed by atoms with Crippen LogP contribution in [0.3, 0.4) is 0 Å². The van der Waals surface area contributed by atoms with Gasteiger partial charge in [-0.2, -0.15) is 5.01 Å². The van der Waals surface area contributed by atoms with Gasteiger partial charge in [0.25, 0.3) is 17.7 Å². The Labute approximate surface area is 318 Å². The van der Waals surface area contributed by atoms with Gasteiger partial charge in [0.05, 0.1) is 44.6 Å². The number of Topliss-reactive ketones (excluding diaryl/α,β-unsaturated/α-hetero) is 1. The van der Waals surface area contributed by atoms with E-state index in [-0.39, 0.29) is 42.5 Å². The zero-order chi connectivity index (χ0) is 35.8. The molecule has 0 aromatic heterocycles. The fourth-order valence-electron chi connectivity index (χ4n) is 6.08. The summed E-state index contributed by atoms with van der Waals surface area (Å²) in [5, 5.41) is 0.559. The number of ether oxygens (including phenoxy) is 2. The van der Waals surface area contributed by atoms with E-state index in [4.69, 9.17) is 102 Å². The summed E-state index contributed by atoms with van der Waals surface area (Å²) in [7, 11) is 1.46. The largest absolute Gasteiger partial charge is 0.497 e. The zero-order valence-electron chi connectivity index (χ0n) is 24.5. The average Bonchev–Trinajstić information content (AvgIpc) is 3.47. The molecule has 0 spiro atoms. The molecule has 3 amide bonds. The molecule has 2 bridgehead atoms. The number of hydrogen-bond donors (Lipinski definition) is 0. The lowest BCUT2D eigenvalue weighted by Crippen LogP contribution is -2.56. The van der Waals surface area contributed by atoms with Crippen LogP contribution in [0, 0.1) is 11.8 Å². The summed E-state index contributed by atoms with van der Waals surface area (Å²) in [5.41, 5.74) is 0.135. The van der Waals surface area contributed by atoms with E-state index in [1.54, 1.807) is 18.2 Å². The number of nitrogens with zero attached hydrogens (tertiary/aromatic N) is 2. The van der Waals surface area contributed by atoms with Gasteiger partial charge in [0.2, 0.25) is 0 Å². The zero-order valence-corrected chi connectivity index (χ0v) is 30.5. The number of hydrogen-bond acceptors (Lipinski definition) is 7. The molecule has 1 saturated heterocycles. The third-order valence-electron chi connectivity index (χ3n) is 8.51. The van der Waals surface area contributed by atoms with Gasteiger partial charge in [-0.1, -0.05) is 75.7 Å². The van der Waals surface area contributed by atoms with Crippen LogP contribution in [0.2, 0.25) is 10.0 Å². The number of halogens is 8. The Morgan fingerprint density at radius 1 is 0.735 bits per heavy atom. The van der Waals surface area contributed by atoms with Gasteiger partial charge in [-0.15, -0.1) is 23.2 Å². The monoisotopic (exact) mass is 822 g/mol. The van der Waals surface area contributed by atoms with Crippen molar-refractivity contribution in [3.8, 4) is 11.5 Å². The molecule has 2 aliphatic carbocycles. The molecule has 4 atom stereocenters. The molecular formula is C32H18Cl8N2O7. The number of esters is 1. The molecule has 9 nitrogen and oxygen atoms in total. The SMILES string of the molecule is COc1cccc(C(=O)Oc2ccc(C(=O)CN(C(=O)c3ccc(Cl)c(Cl)c3)N3C(=O)[C@@H]4[C@@H](C3=O)[C@@]3(Cl)C(Cl)=C(Cl)[C@@]4(Cl)C3(Cl)Cl)cc2)c1. The maximum absolute atomic E-state index is 14.1. The number of ketones is 1. The smallest absolute Gasteiger partial charge is 0.343 e. The summed E-state index contributed by atoms with van der Waals surface area (Å²) in [6, 6.07) is 15.5. The lowest BCUT2D eigenvalue weighted by Gasteiger charge is -2.36. The number of imide groups is 1. The number of rotatable bonds is 8. The summed E-state index contributed by atoms with van der Waals surface area (Å²) < 4.78 is 8.32. The van der Waals surface area contributed by atoms with E-state index in [1.807, 2.05) is 0 Å². The number of amides is 3. The highest BCUT2D eigenvalue weighted by Crippen LogP contribution is 2.77. The minimum atomic E-state index is -2.21. The number of fused-ring (bicyclic) bond motifs is 5. The number of allylic oxidation sites excluding steroid dienone is 2. The first-order valence-electron chi connectivity index (χ1n) is 14.0. The van der Waals surface area contributed by atoms with Crippen LogP contribution in [-0.2, 0) is 9.59 Å². The minimum absolute atomic E-state index is 0.0110. The van der Waals surface area contributed by atoms with Crippen molar-refractivity contribution in [3.05, 3.63) is 104 Å².